The lowest BCUT2D eigenvalue weighted by Gasteiger charge is -2.32. The van der Waals surface area contributed by atoms with Gasteiger partial charge in [-0.05, 0) is 24.6 Å². The fraction of sp³-hybridized carbons (Fsp3) is 0.364. The van der Waals surface area contributed by atoms with Gasteiger partial charge >= 0.3 is 0 Å². The second-order valence-electron chi connectivity index (χ2n) is 7.73. The van der Waals surface area contributed by atoms with Crippen LogP contribution in [0.3, 0.4) is 0 Å². The summed E-state index contributed by atoms with van der Waals surface area (Å²) in [5, 5.41) is 0. The summed E-state index contributed by atoms with van der Waals surface area (Å²) in [6, 6.07) is 18.0. The van der Waals surface area contributed by atoms with E-state index in [0.717, 1.165) is 38.3 Å². The molecule has 2 aliphatic heterocycles. The zero-order chi connectivity index (χ0) is 18.8. The van der Waals surface area contributed by atoms with Crippen LogP contribution in [0, 0.1) is 6.92 Å². The molecule has 27 heavy (non-hydrogen) atoms. The van der Waals surface area contributed by atoms with Gasteiger partial charge in [0.2, 0.25) is 5.91 Å². The zero-order valence-electron chi connectivity index (χ0n) is 15.8. The molecule has 0 radical (unpaired) electrons. The molecular formula is C22H27N3O2+2. The third-order valence-electron chi connectivity index (χ3n) is 5.80. The number of aryl methyl sites for hydroxylation is 1. The number of carbonyl (C=O) groups excluding carboxylic acids is 2. The van der Waals surface area contributed by atoms with Crippen molar-refractivity contribution in [3.63, 3.8) is 0 Å². The van der Waals surface area contributed by atoms with E-state index in [9.17, 15) is 9.59 Å². The summed E-state index contributed by atoms with van der Waals surface area (Å²) in [6.45, 7) is 6.95. The monoisotopic (exact) mass is 365 g/mol. The lowest BCUT2D eigenvalue weighted by Crippen LogP contribution is -3.29. The van der Waals surface area contributed by atoms with Crippen LogP contribution in [0.5, 0.6) is 0 Å². The van der Waals surface area contributed by atoms with Crippen molar-refractivity contribution in [3.05, 3.63) is 65.7 Å². The molecule has 2 N–H and O–H groups in total. The van der Waals surface area contributed by atoms with E-state index < -0.39 is 0 Å². The van der Waals surface area contributed by atoms with Crippen molar-refractivity contribution in [1.82, 2.24) is 0 Å². The first-order chi connectivity index (χ1) is 13.1. The minimum absolute atomic E-state index is 0.0351. The van der Waals surface area contributed by atoms with Crippen LogP contribution >= 0.6 is 0 Å². The molecule has 4 rings (SSSR count). The van der Waals surface area contributed by atoms with Gasteiger partial charge < -0.3 is 9.80 Å². The summed E-state index contributed by atoms with van der Waals surface area (Å²) >= 11 is 0. The number of amides is 2. The maximum Gasteiger partial charge on any atom is 0.292 e. The average molecular weight is 365 g/mol. The zero-order valence-corrected chi connectivity index (χ0v) is 15.8. The minimum Gasteiger partial charge on any atom is -0.322 e. The van der Waals surface area contributed by atoms with Crippen molar-refractivity contribution in [3.8, 4) is 0 Å². The van der Waals surface area contributed by atoms with Crippen LogP contribution in [0.25, 0.3) is 0 Å². The van der Waals surface area contributed by atoms with Crippen molar-refractivity contribution in [2.75, 3.05) is 31.1 Å². The van der Waals surface area contributed by atoms with Gasteiger partial charge in [-0.2, -0.15) is 0 Å². The van der Waals surface area contributed by atoms with E-state index in [-0.39, 0.29) is 17.9 Å². The highest BCUT2D eigenvalue weighted by Crippen LogP contribution is 2.22. The number of rotatable bonds is 4. The first-order valence-electron chi connectivity index (χ1n) is 9.77. The fourth-order valence-corrected chi connectivity index (χ4v) is 4.32. The second-order valence-corrected chi connectivity index (χ2v) is 7.73. The maximum absolute atomic E-state index is 13.0. The minimum atomic E-state index is -0.226. The van der Waals surface area contributed by atoms with Crippen LogP contribution in [0.15, 0.2) is 54.6 Å². The molecule has 2 amide bonds. The summed E-state index contributed by atoms with van der Waals surface area (Å²) < 4.78 is 0. The van der Waals surface area contributed by atoms with Crippen LogP contribution in [-0.2, 0) is 16.1 Å². The van der Waals surface area contributed by atoms with Gasteiger partial charge in [-0.25, -0.2) is 4.90 Å². The quantitative estimate of drug-likeness (QED) is 0.725. The van der Waals surface area contributed by atoms with Crippen LogP contribution in [0.1, 0.15) is 17.5 Å². The maximum atomic E-state index is 13.0. The Hall–Kier alpha value is -2.50. The molecule has 2 heterocycles. The Kier molecular flexibility index (Phi) is 5.05. The summed E-state index contributed by atoms with van der Waals surface area (Å²) in [5.74, 6) is -0.103. The Morgan fingerprint density at radius 1 is 0.963 bits per heavy atom. The van der Waals surface area contributed by atoms with Crippen LogP contribution in [-0.4, -0.2) is 44.0 Å². The first kappa shape index (κ1) is 17.9. The number of quaternary nitrogens is 2. The van der Waals surface area contributed by atoms with Gasteiger partial charge in [-0.15, -0.1) is 0 Å². The van der Waals surface area contributed by atoms with Crippen molar-refractivity contribution < 1.29 is 19.4 Å². The lowest BCUT2D eigenvalue weighted by molar-refractivity contribution is -1.02. The van der Waals surface area contributed by atoms with Gasteiger partial charge in [0.25, 0.3) is 5.91 Å². The number of hydrogen-bond acceptors (Lipinski definition) is 2. The lowest BCUT2D eigenvalue weighted by atomic mass is 10.1. The largest absolute Gasteiger partial charge is 0.322 e. The number of nitrogens with one attached hydrogen (secondary N) is 2. The Morgan fingerprint density at radius 3 is 2.41 bits per heavy atom. The van der Waals surface area contributed by atoms with E-state index in [0.29, 0.717) is 12.1 Å². The summed E-state index contributed by atoms with van der Waals surface area (Å²) in [7, 11) is 0. The molecule has 2 saturated heterocycles. The average Bonchev–Trinajstić information content (AvgIpc) is 2.97. The molecule has 2 aromatic rings. The standard InChI is InChI=1S/C22H25N3O2/c1-17-6-5-9-19(14-17)25-21(26)15-20(22(25)27)24-12-10-23(11-13-24)16-18-7-3-2-4-8-18/h2-9,14,20H,10-13,15-16H2,1H3/p+2/t20-/m0/s1. The Bertz CT molecular complexity index is 828. The molecule has 0 bridgehead atoms. The number of imide groups is 1. The number of benzene rings is 2. The molecule has 0 saturated carbocycles. The molecule has 5 nitrogen and oxygen atoms in total. The van der Waals surface area contributed by atoms with Crippen molar-refractivity contribution >= 4 is 17.5 Å². The van der Waals surface area contributed by atoms with Crippen LogP contribution in [0.2, 0.25) is 0 Å². The van der Waals surface area contributed by atoms with E-state index in [1.165, 1.54) is 15.4 Å². The molecular weight excluding hydrogens is 338 g/mol. The molecule has 2 fully saturated rings. The van der Waals surface area contributed by atoms with Gasteiger partial charge in [-0.1, -0.05) is 42.5 Å². The third-order valence-corrected chi connectivity index (χ3v) is 5.80. The molecule has 0 unspecified atom stereocenters. The van der Waals surface area contributed by atoms with E-state index >= 15 is 0 Å². The second kappa shape index (κ2) is 7.62. The number of anilines is 1. The highest BCUT2D eigenvalue weighted by molar-refractivity contribution is 6.21. The summed E-state index contributed by atoms with van der Waals surface area (Å²) in [5.41, 5.74) is 3.12. The molecule has 140 valence electrons. The third kappa shape index (κ3) is 3.80. The van der Waals surface area contributed by atoms with E-state index in [1.54, 1.807) is 4.90 Å². The number of nitrogens with zero attached hydrogens (tertiary/aromatic N) is 1. The normalized spacial score (nSPS) is 25.8. The Morgan fingerprint density at radius 2 is 1.70 bits per heavy atom. The topological polar surface area (TPSA) is 46.3 Å². The van der Waals surface area contributed by atoms with E-state index in [2.05, 4.69) is 24.3 Å². The molecule has 2 aliphatic rings. The molecule has 5 heteroatoms. The SMILES string of the molecule is Cc1cccc(N2C(=O)C[C@H]([NH+]3CC[NH+](Cc4ccccc4)CC3)C2=O)c1. The first-order valence-corrected chi connectivity index (χ1v) is 9.77. The van der Waals surface area contributed by atoms with Crippen LogP contribution in [0.4, 0.5) is 5.69 Å². The summed E-state index contributed by atoms with van der Waals surface area (Å²) in [6.07, 6.45) is 0.329. The Balaban J connectivity index is 1.39. The van der Waals surface area contributed by atoms with E-state index in [4.69, 9.17) is 0 Å². The van der Waals surface area contributed by atoms with Crippen LogP contribution < -0.4 is 14.7 Å². The number of carbonyl (C=O) groups is 2. The highest BCUT2D eigenvalue weighted by atomic mass is 16.2. The summed E-state index contributed by atoms with van der Waals surface area (Å²) in [4.78, 5) is 29.7. The Labute approximate surface area is 160 Å². The van der Waals surface area contributed by atoms with Crippen molar-refractivity contribution in [2.45, 2.75) is 25.9 Å². The predicted octanol–water partition coefficient (Wildman–Crippen LogP) is -0.389. The molecule has 1 atom stereocenters. The van der Waals surface area contributed by atoms with E-state index in [1.807, 2.05) is 37.3 Å². The number of hydrogen-bond donors (Lipinski definition) is 2. The number of piperazine rings is 1. The van der Waals surface area contributed by atoms with Crippen molar-refractivity contribution in [1.29, 1.82) is 0 Å². The smallest absolute Gasteiger partial charge is 0.292 e. The van der Waals surface area contributed by atoms with Crippen molar-refractivity contribution in [2.24, 2.45) is 0 Å². The fourth-order valence-electron chi connectivity index (χ4n) is 4.32. The molecule has 0 spiro atoms. The van der Waals surface area contributed by atoms with Gasteiger partial charge in [0.1, 0.15) is 32.7 Å². The molecule has 2 aromatic carbocycles. The molecule has 0 aliphatic carbocycles. The predicted molar refractivity (Wildman–Crippen MR) is 104 cm³/mol. The van der Waals surface area contributed by atoms with Gasteiger partial charge in [0.15, 0.2) is 6.04 Å². The van der Waals surface area contributed by atoms with Gasteiger partial charge in [-0.3, -0.25) is 9.59 Å². The molecule has 0 aromatic heterocycles. The van der Waals surface area contributed by atoms with Gasteiger partial charge in [0, 0.05) is 5.56 Å². The van der Waals surface area contributed by atoms with Gasteiger partial charge in [0.05, 0.1) is 12.1 Å². The highest BCUT2D eigenvalue weighted by Gasteiger charge is 2.46.